The van der Waals surface area contributed by atoms with Crippen molar-refractivity contribution >= 4 is 17.3 Å². The minimum absolute atomic E-state index is 0.0360. The molecule has 0 N–H and O–H groups in total. The fourth-order valence-corrected chi connectivity index (χ4v) is 4.33. The zero-order valence-electron chi connectivity index (χ0n) is 21.1. The van der Waals surface area contributed by atoms with Crippen molar-refractivity contribution in [1.29, 1.82) is 0 Å². The van der Waals surface area contributed by atoms with Crippen LogP contribution in [0.25, 0.3) is 0 Å². The molecule has 0 aliphatic carbocycles. The summed E-state index contributed by atoms with van der Waals surface area (Å²) < 4.78 is 5.26. The monoisotopic (exact) mass is 483 g/mol. The predicted octanol–water partition coefficient (Wildman–Crippen LogP) is 5.62. The Labute approximate surface area is 213 Å². The van der Waals surface area contributed by atoms with Gasteiger partial charge in [-0.05, 0) is 61.9 Å². The number of β-lactam (4-membered cyclic amide) rings is 1. The number of nitrogens with zero attached hydrogens (tertiary/aromatic N) is 3. The number of hydrogen-bond donors (Lipinski definition) is 0. The quantitative estimate of drug-likeness (QED) is 0.117. The fourth-order valence-electron chi connectivity index (χ4n) is 4.33. The number of benzene rings is 3. The van der Waals surface area contributed by atoms with Crippen LogP contribution in [0.15, 0.2) is 102 Å². The third kappa shape index (κ3) is 6.20. The lowest BCUT2D eigenvalue weighted by Crippen LogP contribution is -2.49. The summed E-state index contributed by atoms with van der Waals surface area (Å²) >= 11 is 0. The van der Waals surface area contributed by atoms with E-state index in [1.807, 2.05) is 73.7 Å². The molecule has 1 heterocycles. The van der Waals surface area contributed by atoms with Crippen molar-refractivity contribution < 1.29 is 14.4 Å². The van der Waals surface area contributed by atoms with E-state index in [0.717, 1.165) is 36.5 Å². The van der Waals surface area contributed by atoms with Crippen molar-refractivity contribution in [3.8, 4) is 5.75 Å². The second-order valence-electron chi connectivity index (χ2n) is 8.93. The molecule has 186 valence electrons. The number of anilines is 1. The molecule has 36 heavy (non-hydrogen) atoms. The van der Waals surface area contributed by atoms with E-state index in [-0.39, 0.29) is 11.9 Å². The molecule has 1 fully saturated rings. The van der Waals surface area contributed by atoms with Gasteiger partial charge in [-0.25, -0.2) is 0 Å². The normalized spacial score (nSPS) is 16.8. The van der Waals surface area contributed by atoms with Gasteiger partial charge in [0.2, 0.25) is 0 Å². The van der Waals surface area contributed by atoms with Gasteiger partial charge in [-0.1, -0.05) is 65.8 Å². The van der Waals surface area contributed by atoms with E-state index < -0.39 is 0 Å². The third-order valence-electron chi connectivity index (χ3n) is 6.13. The first-order chi connectivity index (χ1) is 17.6. The van der Waals surface area contributed by atoms with Crippen LogP contribution in [0.4, 0.5) is 5.69 Å². The molecule has 1 unspecified atom stereocenters. The fraction of sp³-hybridized carbons (Fsp3) is 0.267. The first-order valence-electron chi connectivity index (χ1n) is 12.2. The molecule has 4 rings (SSSR count). The van der Waals surface area contributed by atoms with Gasteiger partial charge < -0.3 is 14.5 Å². The molecular weight excluding hydrogens is 450 g/mol. The van der Waals surface area contributed by atoms with Gasteiger partial charge in [0, 0.05) is 24.4 Å². The van der Waals surface area contributed by atoms with Gasteiger partial charge in [-0.3, -0.25) is 9.69 Å². The number of methoxy groups -OCH3 is 1. The van der Waals surface area contributed by atoms with Crippen molar-refractivity contribution in [2.45, 2.75) is 25.9 Å². The molecule has 6 heteroatoms. The Hall–Kier alpha value is -3.90. The van der Waals surface area contributed by atoms with Gasteiger partial charge in [0.15, 0.2) is 0 Å². The van der Waals surface area contributed by atoms with E-state index in [1.165, 1.54) is 5.56 Å². The molecule has 6 nitrogen and oxygen atoms in total. The first-order valence-corrected chi connectivity index (χ1v) is 12.2. The molecule has 0 radical (unpaired) electrons. The minimum Gasteiger partial charge on any atom is -0.497 e. The Kier molecular flexibility index (Phi) is 8.53. The molecule has 0 spiro atoms. The van der Waals surface area contributed by atoms with Crippen molar-refractivity contribution in [2.75, 3.05) is 32.2 Å². The van der Waals surface area contributed by atoms with Gasteiger partial charge in [0.1, 0.15) is 12.4 Å². The van der Waals surface area contributed by atoms with Crippen LogP contribution >= 0.6 is 0 Å². The molecule has 1 atom stereocenters. The topological polar surface area (TPSA) is 54.4 Å². The highest BCUT2D eigenvalue weighted by molar-refractivity contribution is 6.18. The number of ether oxygens (including phenoxy) is 1. The van der Waals surface area contributed by atoms with Crippen molar-refractivity contribution in [3.63, 3.8) is 0 Å². The van der Waals surface area contributed by atoms with E-state index in [1.54, 1.807) is 12.0 Å². The number of hydrogen-bond acceptors (Lipinski definition) is 5. The van der Waals surface area contributed by atoms with E-state index in [4.69, 9.17) is 9.57 Å². The van der Waals surface area contributed by atoms with Gasteiger partial charge in [0.25, 0.3) is 5.91 Å². The summed E-state index contributed by atoms with van der Waals surface area (Å²) in [5, 5.41) is 4.24. The van der Waals surface area contributed by atoms with Crippen LogP contribution in [0.1, 0.15) is 30.5 Å². The van der Waals surface area contributed by atoms with Crippen LogP contribution in [0.3, 0.4) is 0 Å². The molecular formula is C30H33N3O3. The average molecular weight is 484 g/mol. The first kappa shape index (κ1) is 25.2. The van der Waals surface area contributed by atoms with Gasteiger partial charge in [-0.15, -0.1) is 0 Å². The Bertz CT molecular complexity index is 1190. The van der Waals surface area contributed by atoms with Crippen LogP contribution in [0, 0.1) is 0 Å². The number of amides is 1. The lowest BCUT2D eigenvalue weighted by atomic mass is 9.86. The van der Waals surface area contributed by atoms with Crippen molar-refractivity contribution in [3.05, 3.63) is 108 Å². The highest BCUT2D eigenvalue weighted by Gasteiger charge is 2.43. The van der Waals surface area contributed by atoms with Crippen LogP contribution in [0.2, 0.25) is 0 Å². The summed E-state index contributed by atoms with van der Waals surface area (Å²) in [5.41, 5.74) is 4.55. The summed E-state index contributed by atoms with van der Waals surface area (Å²) in [6.07, 6.45) is 2.70. The standard InChI is InChI=1S/C30H33N3O3/c1-23(31-36-20-10-19-32(2)22-24-11-6-4-7-12-24)21-28-29(25-13-8-5-9-14-25)33(30(28)34)26-15-17-27(35-3)18-16-26/h4-9,11-18,21,29H,10,19-20,22H2,1-3H3/b28-21+,31-23?. The highest BCUT2D eigenvalue weighted by Crippen LogP contribution is 2.43. The maximum absolute atomic E-state index is 13.2. The van der Waals surface area contributed by atoms with Crippen molar-refractivity contribution in [2.24, 2.45) is 5.16 Å². The predicted molar refractivity (Wildman–Crippen MR) is 144 cm³/mol. The molecule has 0 bridgehead atoms. The van der Waals surface area contributed by atoms with Crippen LogP contribution in [-0.2, 0) is 16.2 Å². The highest BCUT2D eigenvalue weighted by atomic mass is 16.6. The summed E-state index contributed by atoms with van der Waals surface area (Å²) in [5.74, 6) is 0.719. The van der Waals surface area contributed by atoms with Gasteiger partial charge in [-0.2, -0.15) is 0 Å². The molecule has 1 amide bonds. The average Bonchev–Trinajstić information content (AvgIpc) is 2.91. The minimum atomic E-state index is -0.177. The number of carbonyl (C=O) groups excluding carboxylic acids is 1. The zero-order chi connectivity index (χ0) is 25.3. The molecule has 1 aliphatic heterocycles. The lowest BCUT2D eigenvalue weighted by Gasteiger charge is -2.43. The Morgan fingerprint density at radius 2 is 1.67 bits per heavy atom. The second-order valence-corrected chi connectivity index (χ2v) is 8.93. The number of oxime groups is 1. The summed E-state index contributed by atoms with van der Waals surface area (Å²) in [7, 11) is 3.73. The number of allylic oxidation sites excluding steroid dienone is 1. The Morgan fingerprint density at radius 3 is 2.33 bits per heavy atom. The van der Waals surface area contributed by atoms with Crippen LogP contribution in [0.5, 0.6) is 5.75 Å². The van der Waals surface area contributed by atoms with E-state index in [0.29, 0.717) is 17.9 Å². The smallest absolute Gasteiger partial charge is 0.257 e. The SMILES string of the molecule is COc1ccc(N2C(=O)/C(=C/C(C)=NOCCCN(C)Cc3ccccc3)C2c2ccccc2)cc1. The van der Waals surface area contributed by atoms with Gasteiger partial charge >= 0.3 is 0 Å². The molecule has 1 saturated heterocycles. The summed E-state index contributed by atoms with van der Waals surface area (Å²) in [6.45, 7) is 4.20. The number of carbonyl (C=O) groups is 1. The van der Waals surface area contributed by atoms with Crippen LogP contribution in [-0.4, -0.2) is 43.8 Å². The Morgan fingerprint density at radius 1 is 1.00 bits per heavy atom. The van der Waals surface area contributed by atoms with Crippen molar-refractivity contribution in [1.82, 2.24) is 4.90 Å². The summed E-state index contributed by atoms with van der Waals surface area (Å²) in [6, 6.07) is 27.8. The van der Waals surface area contributed by atoms with Gasteiger partial charge in [0.05, 0.1) is 18.9 Å². The van der Waals surface area contributed by atoms with E-state index in [9.17, 15) is 4.79 Å². The lowest BCUT2D eigenvalue weighted by molar-refractivity contribution is -0.119. The zero-order valence-corrected chi connectivity index (χ0v) is 21.1. The maximum atomic E-state index is 13.2. The molecule has 3 aromatic carbocycles. The second kappa shape index (κ2) is 12.2. The molecule has 0 aromatic heterocycles. The van der Waals surface area contributed by atoms with Crippen LogP contribution < -0.4 is 9.64 Å². The third-order valence-corrected chi connectivity index (χ3v) is 6.13. The Balaban J connectivity index is 1.36. The molecule has 1 aliphatic rings. The maximum Gasteiger partial charge on any atom is 0.257 e. The van der Waals surface area contributed by atoms with E-state index in [2.05, 4.69) is 41.4 Å². The molecule has 0 saturated carbocycles. The number of rotatable bonds is 11. The molecule has 3 aromatic rings. The largest absolute Gasteiger partial charge is 0.497 e. The summed E-state index contributed by atoms with van der Waals surface area (Å²) in [4.78, 5) is 22.8. The van der Waals surface area contributed by atoms with E-state index >= 15 is 0 Å².